The van der Waals surface area contributed by atoms with Crippen molar-refractivity contribution in [2.45, 2.75) is 6.92 Å². The Hall–Kier alpha value is -3.26. The first-order valence-electron chi connectivity index (χ1n) is 9.52. The zero-order chi connectivity index (χ0) is 20.7. The number of carbonyl (C=O) groups is 1. The van der Waals surface area contributed by atoms with E-state index in [2.05, 4.69) is 56.3 Å². The van der Waals surface area contributed by atoms with Gasteiger partial charge in [0.25, 0.3) is 5.91 Å². The fourth-order valence-corrected chi connectivity index (χ4v) is 4.16. The average molecular weight is 504 g/mol. The van der Waals surface area contributed by atoms with Crippen LogP contribution in [-0.2, 0) is 0 Å². The number of aryl methyl sites for hydroxylation is 1. The number of aromatic nitrogens is 3. The van der Waals surface area contributed by atoms with E-state index in [0.29, 0.717) is 5.56 Å². The minimum absolute atomic E-state index is 0.135. The molecule has 5 rings (SSSR count). The molecular formula is C24H17IN4O. The van der Waals surface area contributed by atoms with E-state index in [1.54, 1.807) is 4.80 Å². The molecule has 0 saturated heterocycles. The van der Waals surface area contributed by atoms with Gasteiger partial charge in [-0.3, -0.25) is 4.79 Å². The van der Waals surface area contributed by atoms with Crippen LogP contribution in [0.4, 0.5) is 5.69 Å². The molecule has 4 aromatic carbocycles. The lowest BCUT2D eigenvalue weighted by atomic mass is 10.1. The summed E-state index contributed by atoms with van der Waals surface area (Å²) >= 11 is 2.17. The van der Waals surface area contributed by atoms with Gasteiger partial charge in [0.1, 0.15) is 11.0 Å². The van der Waals surface area contributed by atoms with Crippen LogP contribution in [-0.4, -0.2) is 20.9 Å². The molecule has 0 bridgehead atoms. The monoisotopic (exact) mass is 504 g/mol. The summed E-state index contributed by atoms with van der Waals surface area (Å²) in [7, 11) is 0. The molecule has 0 atom stereocenters. The lowest BCUT2D eigenvalue weighted by molar-refractivity contribution is 0.102. The van der Waals surface area contributed by atoms with Gasteiger partial charge < -0.3 is 5.32 Å². The predicted octanol–water partition coefficient (Wildman–Crippen LogP) is 5.74. The van der Waals surface area contributed by atoms with Gasteiger partial charge in [-0.25, -0.2) is 0 Å². The second kappa shape index (κ2) is 7.53. The zero-order valence-corrected chi connectivity index (χ0v) is 18.3. The molecule has 1 N–H and O–H groups in total. The summed E-state index contributed by atoms with van der Waals surface area (Å²) in [6.07, 6.45) is 0. The van der Waals surface area contributed by atoms with Gasteiger partial charge in [0, 0.05) is 14.6 Å². The van der Waals surface area contributed by atoms with Gasteiger partial charge in [-0.2, -0.15) is 0 Å². The van der Waals surface area contributed by atoms with Gasteiger partial charge in [0.05, 0.1) is 11.3 Å². The van der Waals surface area contributed by atoms with E-state index in [1.807, 2.05) is 67.6 Å². The standard InChI is InChI=1S/C24H17IN4O/c1-15-13-21-22(14-20(15)26-24(30)18-10-4-5-11-19(18)25)28-29(27-21)23-12-6-8-16-7-2-3-9-17(16)23/h2-14H,1H3,(H,26,30). The number of halogens is 1. The summed E-state index contributed by atoms with van der Waals surface area (Å²) in [5.41, 5.74) is 4.76. The Kier molecular flexibility index (Phi) is 4.71. The molecule has 1 aromatic heterocycles. The Balaban J connectivity index is 1.55. The number of anilines is 1. The third kappa shape index (κ3) is 3.33. The highest BCUT2D eigenvalue weighted by molar-refractivity contribution is 14.1. The molecular weight excluding hydrogens is 487 g/mol. The molecule has 0 radical (unpaired) electrons. The summed E-state index contributed by atoms with van der Waals surface area (Å²) in [6.45, 7) is 1.96. The van der Waals surface area contributed by atoms with Crippen molar-refractivity contribution in [2.75, 3.05) is 5.32 Å². The van der Waals surface area contributed by atoms with Crippen molar-refractivity contribution in [3.63, 3.8) is 0 Å². The number of rotatable bonds is 3. The first kappa shape index (κ1) is 18.7. The van der Waals surface area contributed by atoms with Crippen LogP contribution >= 0.6 is 22.6 Å². The molecule has 0 fully saturated rings. The number of carbonyl (C=O) groups excluding carboxylic acids is 1. The second-order valence-corrected chi connectivity index (χ2v) is 8.24. The SMILES string of the molecule is Cc1cc2nn(-c3cccc4ccccc34)nc2cc1NC(=O)c1ccccc1I. The first-order valence-corrected chi connectivity index (χ1v) is 10.6. The Labute approximate surface area is 186 Å². The summed E-state index contributed by atoms with van der Waals surface area (Å²) in [6, 6.07) is 25.6. The highest BCUT2D eigenvalue weighted by Crippen LogP contribution is 2.26. The van der Waals surface area contributed by atoms with E-state index >= 15 is 0 Å². The molecule has 0 aliphatic carbocycles. The second-order valence-electron chi connectivity index (χ2n) is 7.08. The lowest BCUT2D eigenvalue weighted by Gasteiger charge is -2.09. The van der Waals surface area contributed by atoms with Crippen LogP contribution in [0.3, 0.4) is 0 Å². The maximum Gasteiger partial charge on any atom is 0.256 e. The Morgan fingerprint density at radius 2 is 1.60 bits per heavy atom. The lowest BCUT2D eigenvalue weighted by Crippen LogP contribution is -2.14. The van der Waals surface area contributed by atoms with Crippen molar-refractivity contribution < 1.29 is 4.79 Å². The molecule has 1 heterocycles. The summed E-state index contributed by atoms with van der Waals surface area (Å²) in [5.74, 6) is -0.135. The molecule has 1 amide bonds. The van der Waals surface area contributed by atoms with Gasteiger partial charge in [0.2, 0.25) is 0 Å². The normalized spacial score (nSPS) is 11.1. The van der Waals surface area contributed by atoms with Crippen molar-refractivity contribution in [3.05, 3.63) is 93.6 Å². The van der Waals surface area contributed by atoms with Crippen molar-refractivity contribution >= 4 is 56.0 Å². The van der Waals surface area contributed by atoms with E-state index in [9.17, 15) is 4.79 Å². The first-order chi connectivity index (χ1) is 14.6. The van der Waals surface area contributed by atoms with Crippen LogP contribution in [0.25, 0.3) is 27.5 Å². The van der Waals surface area contributed by atoms with E-state index < -0.39 is 0 Å². The molecule has 0 spiro atoms. The maximum atomic E-state index is 12.7. The molecule has 146 valence electrons. The number of fused-ring (bicyclic) bond motifs is 2. The largest absolute Gasteiger partial charge is 0.322 e. The van der Waals surface area contributed by atoms with Crippen LogP contribution in [0.2, 0.25) is 0 Å². The van der Waals surface area contributed by atoms with Gasteiger partial charge in [0.15, 0.2) is 0 Å². The molecule has 0 aliphatic rings. The number of hydrogen-bond acceptors (Lipinski definition) is 3. The number of nitrogens with zero attached hydrogens (tertiary/aromatic N) is 3. The van der Waals surface area contributed by atoms with Crippen LogP contribution in [0.5, 0.6) is 0 Å². The Morgan fingerprint density at radius 3 is 2.43 bits per heavy atom. The predicted molar refractivity (Wildman–Crippen MR) is 128 cm³/mol. The van der Waals surface area contributed by atoms with Gasteiger partial charge in [-0.1, -0.05) is 48.5 Å². The van der Waals surface area contributed by atoms with Gasteiger partial charge in [-0.15, -0.1) is 15.0 Å². The van der Waals surface area contributed by atoms with Crippen LogP contribution in [0, 0.1) is 10.5 Å². The Morgan fingerprint density at radius 1 is 0.900 bits per heavy atom. The van der Waals surface area contributed by atoms with Gasteiger partial charge in [-0.05, 0) is 70.8 Å². The molecule has 5 nitrogen and oxygen atoms in total. The highest BCUT2D eigenvalue weighted by Gasteiger charge is 2.14. The Bertz CT molecular complexity index is 1420. The zero-order valence-electron chi connectivity index (χ0n) is 16.1. The number of nitrogens with one attached hydrogen (secondary N) is 1. The summed E-state index contributed by atoms with van der Waals surface area (Å²) < 4.78 is 0.910. The molecule has 0 unspecified atom stereocenters. The van der Waals surface area contributed by atoms with Crippen LogP contribution < -0.4 is 5.32 Å². The summed E-state index contributed by atoms with van der Waals surface area (Å²) in [4.78, 5) is 14.4. The fourth-order valence-electron chi connectivity index (χ4n) is 3.53. The topological polar surface area (TPSA) is 59.8 Å². The molecule has 30 heavy (non-hydrogen) atoms. The molecule has 0 aliphatic heterocycles. The minimum Gasteiger partial charge on any atom is -0.322 e. The van der Waals surface area contributed by atoms with E-state index in [4.69, 9.17) is 0 Å². The minimum atomic E-state index is -0.135. The van der Waals surface area contributed by atoms with E-state index in [0.717, 1.165) is 42.3 Å². The maximum absolute atomic E-state index is 12.7. The summed E-state index contributed by atoms with van der Waals surface area (Å²) in [5, 5.41) is 14.6. The smallest absolute Gasteiger partial charge is 0.256 e. The van der Waals surface area contributed by atoms with Gasteiger partial charge >= 0.3 is 0 Å². The highest BCUT2D eigenvalue weighted by atomic mass is 127. The van der Waals surface area contributed by atoms with Crippen molar-refractivity contribution in [1.29, 1.82) is 0 Å². The third-order valence-electron chi connectivity index (χ3n) is 5.08. The van der Waals surface area contributed by atoms with E-state index in [-0.39, 0.29) is 5.91 Å². The molecule has 6 heteroatoms. The molecule has 0 saturated carbocycles. The van der Waals surface area contributed by atoms with E-state index in [1.165, 1.54) is 0 Å². The van der Waals surface area contributed by atoms with Crippen molar-refractivity contribution in [2.24, 2.45) is 0 Å². The number of hydrogen-bond donors (Lipinski definition) is 1. The third-order valence-corrected chi connectivity index (χ3v) is 6.02. The number of benzene rings is 4. The molecule has 5 aromatic rings. The van der Waals surface area contributed by atoms with Crippen molar-refractivity contribution in [3.8, 4) is 5.69 Å². The quantitative estimate of drug-likeness (QED) is 0.319. The fraction of sp³-hybridized carbons (Fsp3) is 0.0417. The van der Waals surface area contributed by atoms with Crippen LogP contribution in [0.15, 0.2) is 78.9 Å². The average Bonchev–Trinajstić information content (AvgIpc) is 3.16. The van der Waals surface area contributed by atoms with Crippen LogP contribution in [0.1, 0.15) is 15.9 Å². The van der Waals surface area contributed by atoms with Crippen molar-refractivity contribution in [1.82, 2.24) is 15.0 Å². The number of amides is 1.